The van der Waals surface area contributed by atoms with E-state index in [-0.39, 0.29) is 10.8 Å². The zero-order valence-corrected chi connectivity index (χ0v) is 16.6. The lowest BCUT2D eigenvalue weighted by atomic mass is 9.70. The quantitative estimate of drug-likeness (QED) is 0.509. The summed E-state index contributed by atoms with van der Waals surface area (Å²) >= 11 is 0. The van der Waals surface area contributed by atoms with Gasteiger partial charge in [-0.3, -0.25) is 0 Å². The van der Waals surface area contributed by atoms with E-state index in [0.29, 0.717) is 0 Å². The zero-order valence-electron chi connectivity index (χ0n) is 16.6. The maximum atomic E-state index is 2.33. The molecule has 0 spiro atoms. The maximum absolute atomic E-state index is 2.33. The van der Waals surface area contributed by atoms with Crippen molar-refractivity contribution in [2.45, 2.75) is 55.4 Å². The molecule has 0 N–H and O–H groups in total. The molecule has 0 amide bonds. The van der Waals surface area contributed by atoms with Gasteiger partial charge in [0.05, 0.1) is 0 Å². The molecule has 0 bridgehead atoms. The first-order chi connectivity index (χ1) is 11.0. The zero-order chi connectivity index (χ0) is 18.1. The molecule has 0 aliphatic heterocycles. The fourth-order valence-electron chi connectivity index (χ4n) is 3.51. The van der Waals surface area contributed by atoms with Crippen LogP contribution in [0.25, 0.3) is 11.1 Å². The van der Waals surface area contributed by atoms with Crippen molar-refractivity contribution < 1.29 is 0 Å². The largest absolute Gasteiger partial charge is 0.0614 e. The average Bonchev–Trinajstić information content (AvgIpc) is 2.41. The number of allylic oxidation sites excluding steroid dienone is 2. The maximum Gasteiger partial charge on any atom is -0.0123 e. The minimum absolute atomic E-state index is 0.0696. The summed E-state index contributed by atoms with van der Waals surface area (Å²) in [5.41, 5.74) is 8.34. The first-order valence-corrected chi connectivity index (χ1v) is 8.89. The Labute approximate surface area is 148 Å². The lowest BCUT2D eigenvalue weighted by Crippen LogP contribution is -2.18. The molecule has 0 saturated heterocycles. The van der Waals surface area contributed by atoms with Gasteiger partial charge in [-0.2, -0.15) is 0 Å². The Balaban J connectivity index is 2.90. The predicted octanol–water partition coefficient (Wildman–Crippen LogP) is 7.31. The van der Waals surface area contributed by atoms with Crippen molar-refractivity contribution in [2.75, 3.05) is 0 Å². The minimum Gasteiger partial charge on any atom is -0.0614 e. The third-order valence-corrected chi connectivity index (χ3v) is 4.36. The molecule has 24 heavy (non-hydrogen) atoms. The van der Waals surface area contributed by atoms with E-state index in [1.54, 1.807) is 0 Å². The normalized spacial score (nSPS) is 13.7. The van der Waals surface area contributed by atoms with Crippen LogP contribution in [0.3, 0.4) is 0 Å². The fourth-order valence-corrected chi connectivity index (χ4v) is 3.51. The molecule has 2 aromatic rings. The van der Waals surface area contributed by atoms with E-state index in [1.165, 1.54) is 33.4 Å². The second-order valence-corrected chi connectivity index (χ2v) is 8.99. The highest BCUT2D eigenvalue weighted by Gasteiger charge is 2.30. The topological polar surface area (TPSA) is 0 Å². The molecular weight excluding hydrogens is 288 g/mol. The number of aryl methyl sites for hydroxylation is 2. The van der Waals surface area contributed by atoms with E-state index in [9.17, 15) is 0 Å². The highest BCUT2D eigenvalue weighted by atomic mass is 14.3. The van der Waals surface area contributed by atoms with Crippen LogP contribution in [0.15, 0.2) is 48.5 Å². The van der Waals surface area contributed by atoms with Crippen molar-refractivity contribution in [3.8, 4) is 0 Å². The van der Waals surface area contributed by atoms with Gasteiger partial charge in [0.1, 0.15) is 0 Å². The van der Waals surface area contributed by atoms with Crippen molar-refractivity contribution in [2.24, 2.45) is 10.8 Å². The van der Waals surface area contributed by atoms with Gasteiger partial charge >= 0.3 is 0 Å². The molecule has 0 heteroatoms. The summed E-state index contributed by atoms with van der Waals surface area (Å²) in [6.45, 7) is 18.3. The fraction of sp³-hybridized carbons (Fsp3) is 0.417. The molecule has 2 rings (SSSR count). The minimum atomic E-state index is 0.0696. The molecule has 0 heterocycles. The molecule has 0 unspecified atom stereocenters. The highest BCUT2D eigenvalue weighted by Crippen LogP contribution is 2.47. The summed E-state index contributed by atoms with van der Waals surface area (Å²) in [5.74, 6) is 0. The van der Waals surface area contributed by atoms with Crippen LogP contribution in [0, 0.1) is 24.7 Å². The first kappa shape index (κ1) is 18.5. The van der Waals surface area contributed by atoms with Crippen molar-refractivity contribution in [1.82, 2.24) is 0 Å². The lowest BCUT2D eigenvalue weighted by molar-refractivity contribution is 0.534. The van der Waals surface area contributed by atoms with Gasteiger partial charge in [-0.1, -0.05) is 101 Å². The molecule has 0 nitrogen and oxygen atoms in total. The Kier molecular flexibility index (Phi) is 5.08. The average molecular weight is 321 g/mol. The Morgan fingerprint density at radius 3 is 1.17 bits per heavy atom. The van der Waals surface area contributed by atoms with Crippen LogP contribution < -0.4 is 0 Å². The molecule has 0 aromatic heterocycles. The van der Waals surface area contributed by atoms with Crippen molar-refractivity contribution in [1.29, 1.82) is 0 Å². The number of rotatable bonds is 2. The third-order valence-electron chi connectivity index (χ3n) is 4.36. The van der Waals surface area contributed by atoms with Crippen molar-refractivity contribution >= 4 is 11.1 Å². The van der Waals surface area contributed by atoms with Gasteiger partial charge in [0.15, 0.2) is 0 Å². The molecule has 0 saturated carbocycles. The van der Waals surface area contributed by atoms with Crippen LogP contribution >= 0.6 is 0 Å². The Morgan fingerprint density at radius 2 is 0.917 bits per heavy atom. The molecule has 0 atom stereocenters. The number of benzene rings is 2. The van der Waals surface area contributed by atoms with Crippen LogP contribution in [-0.2, 0) is 0 Å². The van der Waals surface area contributed by atoms with Gasteiger partial charge in [0.25, 0.3) is 0 Å². The molecule has 0 radical (unpaired) electrons. The van der Waals surface area contributed by atoms with Crippen LogP contribution in [0.1, 0.15) is 63.8 Å². The van der Waals surface area contributed by atoms with E-state index >= 15 is 0 Å². The van der Waals surface area contributed by atoms with E-state index in [4.69, 9.17) is 0 Å². The summed E-state index contributed by atoms with van der Waals surface area (Å²) < 4.78 is 0. The van der Waals surface area contributed by atoms with Crippen molar-refractivity contribution in [3.63, 3.8) is 0 Å². The summed E-state index contributed by atoms with van der Waals surface area (Å²) in [6.07, 6.45) is 0. The van der Waals surface area contributed by atoms with Gasteiger partial charge in [-0.05, 0) is 47.0 Å². The second-order valence-electron chi connectivity index (χ2n) is 8.99. The SMILES string of the molecule is Cc1cccc(C(=C(c2cccc(C)c2)C(C)(C)C)C(C)(C)C)c1. The second kappa shape index (κ2) is 6.59. The Morgan fingerprint density at radius 1 is 0.583 bits per heavy atom. The molecular formula is C24H32. The highest BCUT2D eigenvalue weighted by molar-refractivity contribution is 5.95. The van der Waals surface area contributed by atoms with Crippen LogP contribution in [0.2, 0.25) is 0 Å². The molecule has 128 valence electrons. The van der Waals surface area contributed by atoms with E-state index in [0.717, 1.165) is 0 Å². The predicted molar refractivity (Wildman–Crippen MR) is 108 cm³/mol. The monoisotopic (exact) mass is 320 g/mol. The van der Waals surface area contributed by atoms with E-state index < -0.39 is 0 Å². The van der Waals surface area contributed by atoms with Gasteiger partial charge in [0, 0.05) is 0 Å². The molecule has 2 aromatic carbocycles. The van der Waals surface area contributed by atoms with Gasteiger partial charge in [0.2, 0.25) is 0 Å². The van der Waals surface area contributed by atoms with E-state index in [1.807, 2.05) is 0 Å². The van der Waals surface area contributed by atoms with Gasteiger partial charge in [-0.25, -0.2) is 0 Å². The van der Waals surface area contributed by atoms with E-state index in [2.05, 4.69) is 104 Å². The van der Waals surface area contributed by atoms with Crippen molar-refractivity contribution in [3.05, 3.63) is 70.8 Å². The summed E-state index contributed by atoms with van der Waals surface area (Å²) in [4.78, 5) is 0. The lowest BCUT2D eigenvalue weighted by Gasteiger charge is -2.34. The smallest absolute Gasteiger partial charge is 0.0123 e. The third kappa shape index (κ3) is 4.17. The first-order valence-electron chi connectivity index (χ1n) is 8.89. The number of hydrogen-bond acceptors (Lipinski definition) is 0. The Hall–Kier alpha value is -1.82. The van der Waals surface area contributed by atoms with Crippen LogP contribution in [-0.4, -0.2) is 0 Å². The summed E-state index contributed by atoms with van der Waals surface area (Å²) in [6, 6.07) is 17.9. The van der Waals surface area contributed by atoms with Crippen LogP contribution in [0.5, 0.6) is 0 Å². The number of hydrogen-bond donors (Lipinski definition) is 0. The van der Waals surface area contributed by atoms with Gasteiger partial charge < -0.3 is 0 Å². The summed E-state index contributed by atoms with van der Waals surface area (Å²) in [7, 11) is 0. The Bertz CT molecular complexity index is 681. The molecule has 0 aliphatic rings. The van der Waals surface area contributed by atoms with Gasteiger partial charge in [-0.15, -0.1) is 0 Å². The van der Waals surface area contributed by atoms with Crippen LogP contribution in [0.4, 0.5) is 0 Å². The summed E-state index contributed by atoms with van der Waals surface area (Å²) in [5, 5.41) is 0. The molecule has 0 aliphatic carbocycles. The molecule has 0 fully saturated rings. The standard InChI is InChI=1S/C24H32/c1-17-11-9-13-19(15-17)21(23(3,4)5)22(24(6,7)8)20-14-10-12-18(2)16-20/h9-16H,1-8H3.